The molecule has 0 aromatic carbocycles. The van der Waals surface area contributed by atoms with E-state index in [0.29, 0.717) is 47.7 Å². The number of Topliss-reactive ketones (excluding diaryl/α,β-unsaturated/α-hetero) is 3. The van der Waals surface area contributed by atoms with Crippen LogP contribution in [-0.4, -0.2) is 167 Å². The van der Waals surface area contributed by atoms with Crippen LogP contribution in [0.3, 0.4) is 0 Å². The van der Waals surface area contributed by atoms with Crippen LogP contribution in [0.1, 0.15) is 171 Å². The summed E-state index contributed by atoms with van der Waals surface area (Å²) in [5, 5.41) is 19.0. The predicted octanol–water partition coefficient (Wildman–Crippen LogP) is 8.16. The molecule has 4 heterocycles. The Morgan fingerprint density at radius 2 is 1.12 bits per heavy atom. The van der Waals surface area contributed by atoms with E-state index in [-0.39, 0.29) is 119 Å². The maximum absolute atomic E-state index is 11.1. The van der Waals surface area contributed by atoms with Crippen LogP contribution in [0.4, 0.5) is 0 Å². The fraction of sp³-hybridized carbons (Fsp3) is 0.696. The fourth-order valence-corrected chi connectivity index (χ4v) is 5.91. The molecule has 78 heavy (non-hydrogen) atoms. The van der Waals surface area contributed by atoms with Crippen molar-refractivity contribution in [2.75, 3.05) is 54.9 Å². The van der Waals surface area contributed by atoms with Crippen molar-refractivity contribution >= 4 is 88.3 Å². The standard InChI is InChI=1S/C7H13NO2.C7H9NO2.C7H12O3.C7H14O.C6H11NO3.C6H9NO2.C6H7NO2.C4H8O.C2H6S.4CH4/c1-5-4-6(10-3)8(2)7(5)9;1-4-5(2)7(10)8(3)6(4)9;1-3-6(8)4-5(2)7(9)10;1-4-7(5-2)6(3)8;1-4(3-5(8)9)6(10)7-2;2*1-4-3-5(8)7(2)6(4)9;1-3-4(2)5;1-3-2;;;;/h5-6H,4H2,1-3H3;1-3H3;5H,3-4H2,1-2H3,(H,9,10);7H,4-5H2,1-3H3;4H,3H2,1-2H3,(H,7,10)(H,8,9);4H,3H2,1-2H3;3H,1-2H3;3H2,1-2H3;1-2H3;4*1H4. The number of nitrogens with one attached hydrogen (secondary N) is 1. The molecule has 4 rings (SSSR count). The maximum Gasteiger partial charge on any atom is 0.306 e. The number of nitrogens with zero attached hydrogens (tertiary/aromatic N) is 4. The van der Waals surface area contributed by atoms with E-state index in [1.165, 1.54) is 46.1 Å². The number of hydrogen-bond acceptors (Lipinski definition) is 15. The second kappa shape index (κ2) is 49.4. The molecule has 456 valence electrons. The molecule has 5 atom stereocenters. The van der Waals surface area contributed by atoms with E-state index in [9.17, 15) is 62.3 Å². The number of thioether (sulfide) groups is 1. The Labute approximate surface area is 473 Å². The first-order chi connectivity index (χ1) is 34.0. The van der Waals surface area contributed by atoms with Gasteiger partial charge in [-0.2, -0.15) is 11.8 Å². The monoisotopic (exact) mass is 1140 g/mol. The Morgan fingerprint density at radius 3 is 1.26 bits per heavy atom. The van der Waals surface area contributed by atoms with E-state index in [2.05, 4.69) is 19.2 Å². The number of hydrogen-bond donors (Lipinski definition) is 3. The third kappa shape index (κ3) is 37.8. The van der Waals surface area contributed by atoms with Gasteiger partial charge in [0.05, 0.1) is 12.3 Å². The number of ether oxygens (including phenoxy) is 1. The van der Waals surface area contributed by atoms with Crippen molar-refractivity contribution in [1.82, 2.24) is 24.9 Å². The summed E-state index contributed by atoms with van der Waals surface area (Å²) in [5.41, 5.74) is 1.64. The van der Waals surface area contributed by atoms with Crippen LogP contribution in [-0.2, 0) is 67.1 Å². The molecular formula is C56H105N5O16S. The van der Waals surface area contributed by atoms with Crippen LogP contribution in [0.2, 0.25) is 0 Å². The molecule has 0 spiro atoms. The third-order valence-corrected chi connectivity index (χ3v) is 11.3. The summed E-state index contributed by atoms with van der Waals surface area (Å²) >= 11 is 1.75. The van der Waals surface area contributed by atoms with Crippen LogP contribution < -0.4 is 5.32 Å². The van der Waals surface area contributed by atoms with E-state index in [4.69, 9.17) is 14.9 Å². The lowest BCUT2D eigenvalue weighted by atomic mass is 10.00. The first kappa shape index (κ1) is 91.5. The van der Waals surface area contributed by atoms with Crippen molar-refractivity contribution < 1.29 is 77.3 Å². The molecule has 3 N–H and O–H groups in total. The van der Waals surface area contributed by atoms with Gasteiger partial charge < -0.3 is 30.0 Å². The average molecular weight is 1140 g/mol. The highest BCUT2D eigenvalue weighted by atomic mass is 32.2. The Hall–Kier alpha value is -5.90. The second-order valence-corrected chi connectivity index (χ2v) is 18.5. The fourth-order valence-electron chi connectivity index (χ4n) is 5.91. The van der Waals surface area contributed by atoms with Gasteiger partial charge in [-0.25, -0.2) is 0 Å². The summed E-state index contributed by atoms with van der Waals surface area (Å²) in [4.78, 5) is 143. The molecule has 0 bridgehead atoms. The molecular weight excluding hydrogens is 1030 g/mol. The molecule has 22 heteroatoms. The van der Waals surface area contributed by atoms with Crippen molar-refractivity contribution in [2.45, 2.75) is 177 Å². The van der Waals surface area contributed by atoms with Gasteiger partial charge in [0.1, 0.15) is 23.6 Å². The molecule has 0 aromatic heterocycles. The van der Waals surface area contributed by atoms with Crippen LogP contribution in [0.25, 0.3) is 0 Å². The number of carboxylic acids is 2. The number of likely N-dealkylation sites (tertiary alicyclic amines) is 2. The number of ketones is 3. The lowest BCUT2D eigenvalue weighted by Gasteiger charge is -2.16. The topological polar surface area (TPSA) is 297 Å². The zero-order valence-electron chi connectivity index (χ0n) is 48.0. The van der Waals surface area contributed by atoms with E-state index in [1.54, 1.807) is 86.2 Å². The first-order valence-corrected chi connectivity index (χ1v) is 25.8. The lowest BCUT2D eigenvalue weighted by Crippen LogP contribution is -2.30. The Balaban J connectivity index is -0.0000000987. The Bertz CT molecular complexity index is 1960. The van der Waals surface area contributed by atoms with Gasteiger partial charge in [-0.15, -0.1) is 0 Å². The summed E-state index contributed by atoms with van der Waals surface area (Å²) in [6, 6.07) is 0. The van der Waals surface area contributed by atoms with Crippen LogP contribution >= 0.6 is 11.8 Å². The molecule has 2 saturated heterocycles. The number of likely N-dealkylation sites (N-methyl/N-ethyl adjacent to an activating group) is 2. The number of imide groups is 3. The van der Waals surface area contributed by atoms with Gasteiger partial charge >= 0.3 is 11.9 Å². The molecule has 0 saturated carbocycles. The number of carbonyl (C=O) groups is 13. The molecule has 8 amide bonds. The molecule has 0 aliphatic carbocycles. The van der Waals surface area contributed by atoms with Gasteiger partial charge in [-0.05, 0) is 60.0 Å². The van der Waals surface area contributed by atoms with Gasteiger partial charge in [-0.3, -0.25) is 72.2 Å². The molecule has 4 aliphatic heterocycles. The average Bonchev–Trinajstić information content (AvgIpc) is 3.89. The van der Waals surface area contributed by atoms with Gasteiger partial charge in [0.2, 0.25) is 23.6 Å². The molecule has 0 aromatic rings. The predicted molar refractivity (Wildman–Crippen MR) is 311 cm³/mol. The van der Waals surface area contributed by atoms with E-state index in [1.807, 2.05) is 26.4 Å². The largest absolute Gasteiger partial charge is 0.481 e. The zero-order chi connectivity index (χ0) is 59.5. The smallest absolute Gasteiger partial charge is 0.306 e. The molecule has 4 aliphatic rings. The summed E-state index contributed by atoms with van der Waals surface area (Å²) < 4.78 is 5.07. The van der Waals surface area contributed by atoms with E-state index in [0.717, 1.165) is 29.1 Å². The van der Waals surface area contributed by atoms with Crippen molar-refractivity contribution in [3.8, 4) is 0 Å². The number of aliphatic carboxylic acids is 2. The summed E-state index contributed by atoms with van der Waals surface area (Å²) in [5.74, 6) is -2.82. The maximum atomic E-state index is 11.1. The van der Waals surface area contributed by atoms with Gasteiger partial charge in [-0.1, -0.05) is 85.1 Å². The van der Waals surface area contributed by atoms with Crippen LogP contribution in [0, 0.1) is 29.6 Å². The highest BCUT2D eigenvalue weighted by molar-refractivity contribution is 7.97. The van der Waals surface area contributed by atoms with Gasteiger partial charge in [0.15, 0.2) is 0 Å². The van der Waals surface area contributed by atoms with Crippen LogP contribution in [0.5, 0.6) is 0 Å². The minimum Gasteiger partial charge on any atom is -0.481 e. The number of carboxylic acid groups (broad SMARTS) is 2. The normalized spacial score (nSPS) is 17.1. The number of methoxy groups -OCH3 is 1. The number of amides is 8. The second-order valence-electron chi connectivity index (χ2n) is 17.7. The minimum atomic E-state index is -0.948. The van der Waals surface area contributed by atoms with Crippen LogP contribution in [0.15, 0.2) is 22.8 Å². The van der Waals surface area contributed by atoms with Gasteiger partial charge in [0.25, 0.3) is 23.6 Å². The Kier molecular flexibility index (Phi) is 58.0. The summed E-state index contributed by atoms with van der Waals surface area (Å²) in [7, 11) is 9.38. The molecule has 0 radical (unpaired) electrons. The first-order valence-electron chi connectivity index (χ1n) is 24.2. The zero-order valence-corrected chi connectivity index (χ0v) is 48.8. The molecule has 5 unspecified atom stereocenters. The Morgan fingerprint density at radius 1 is 0.692 bits per heavy atom. The molecule has 21 nitrogen and oxygen atoms in total. The third-order valence-electron chi connectivity index (χ3n) is 11.3. The van der Waals surface area contributed by atoms with Crippen molar-refractivity contribution in [3.63, 3.8) is 0 Å². The quantitative estimate of drug-likeness (QED) is 0.155. The summed E-state index contributed by atoms with van der Waals surface area (Å²) in [6.07, 6.45) is 9.76. The van der Waals surface area contributed by atoms with Crippen molar-refractivity contribution in [1.29, 1.82) is 0 Å². The number of rotatable bonds is 12. The highest BCUT2D eigenvalue weighted by Crippen LogP contribution is 2.22. The highest BCUT2D eigenvalue weighted by Gasteiger charge is 2.34. The van der Waals surface area contributed by atoms with Gasteiger partial charge in [0, 0.05) is 121 Å². The van der Waals surface area contributed by atoms with Crippen molar-refractivity contribution in [3.05, 3.63) is 22.8 Å². The van der Waals surface area contributed by atoms with E-state index < -0.39 is 23.8 Å². The van der Waals surface area contributed by atoms with E-state index >= 15 is 0 Å². The lowest BCUT2D eigenvalue weighted by molar-refractivity contribution is -0.143. The summed E-state index contributed by atoms with van der Waals surface area (Å²) in [6.45, 7) is 22.7. The SMILES string of the molecule is C.C.C.C.CC1=C(C)C(=O)N(C)C1=O.CC1=CC(=O)N(C)C1=O.CC1CC(=O)N(C)C1=O.CCC(=O)CC(C)C(=O)O.CCC(C)=O.CCC(CC)C(C)=O.CNC(=O)C(C)CC(=O)O.COC1CC(C)C(=O)N1C.CSC. The number of carbonyl (C=O) groups excluding carboxylic acids is 11. The van der Waals surface area contributed by atoms with Crippen molar-refractivity contribution in [2.24, 2.45) is 29.6 Å². The minimum absolute atomic E-state index is 0. The molecule has 2 fully saturated rings.